The molecule has 0 amide bonds. The zero-order valence-electron chi connectivity index (χ0n) is 12.6. The fraction of sp³-hybridized carbons (Fsp3) is 0.533. The van der Waals surface area contributed by atoms with E-state index in [1.165, 1.54) is 0 Å². The largest absolute Gasteiger partial charge is 0.486 e. The molecule has 2 N–H and O–H groups in total. The Morgan fingerprint density at radius 2 is 2.10 bits per heavy atom. The molecule has 3 rings (SSSR count). The van der Waals surface area contributed by atoms with Gasteiger partial charge in [-0.15, -0.1) is 0 Å². The van der Waals surface area contributed by atoms with E-state index in [-0.39, 0.29) is 0 Å². The molecule has 0 saturated carbocycles. The molecule has 1 aliphatic rings. The van der Waals surface area contributed by atoms with Crippen LogP contribution in [0.1, 0.15) is 5.82 Å². The maximum atomic E-state index is 5.77. The molecule has 114 valence electrons. The zero-order valence-corrected chi connectivity index (χ0v) is 12.6. The first-order chi connectivity index (χ1) is 10.2. The highest BCUT2D eigenvalue weighted by Gasteiger charge is 2.20. The van der Waals surface area contributed by atoms with Crippen molar-refractivity contribution in [3.05, 3.63) is 18.0 Å². The van der Waals surface area contributed by atoms with Gasteiger partial charge in [-0.25, -0.2) is 4.98 Å². The van der Waals surface area contributed by atoms with Crippen molar-refractivity contribution in [1.29, 1.82) is 0 Å². The molecule has 21 heavy (non-hydrogen) atoms. The number of hydrogen-bond donors (Lipinski definition) is 1. The average molecular weight is 290 g/mol. The number of hydrogen-bond acceptors (Lipinski definition) is 5. The fourth-order valence-corrected chi connectivity index (χ4v) is 2.61. The normalized spacial score (nSPS) is 14.1. The summed E-state index contributed by atoms with van der Waals surface area (Å²) >= 11 is 0. The number of rotatable bonds is 5. The van der Waals surface area contributed by atoms with Crippen molar-refractivity contribution < 1.29 is 9.47 Å². The molecular formula is C15H22N4O2. The van der Waals surface area contributed by atoms with Crippen LogP contribution in [0.3, 0.4) is 0 Å². The lowest BCUT2D eigenvalue weighted by Crippen LogP contribution is -2.20. The molecule has 2 aromatic rings. The Bertz CT molecular complexity index is 636. The minimum Gasteiger partial charge on any atom is -0.486 e. The van der Waals surface area contributed by atoms with E-state index >= 15 is 0 Å². The van der Waals surface area contributed by atoms with E-state index in [1.807, 2.05) is 6.07 Å². The number of benzene rings is 1. The highest BCUT2D eigenvalue weighted by atomic mass is 16.6. The average Bonchev–Trinajstić information content (AvgIpc) is 2.83. The van der Waals surface area contributed by atoms with E-state index in [0.717, 1.165) is 47.9 Å². The van der Waals surface area contributed by atoms with Gasteiger partial charge in [0.25, 0.3) is 0 Å². The molecule has 1 aliphatic heterocycles. The van der Waals surface area contributed by atoms with E-state index in [0.29, 0.717) is 19.8 Å². The Hall–Kier alpha value is -1.79. The molecule has 0 spiro atoms. The molecule has 0 unspecified atom stereocenters. The van der Waals surface area contributed by atoms with Crippen LogP contribution in [0, 0.1) is 0 Å². The Morgan fingerprint density at radius 3 is 2.86 bits per heavy atom. The molecule has 0 aliphatic carbocycles. The molecule has 0 fully saturated rings. The molecule has 0 saturated heterocycles. The minimum absolute atomic E-state index is 0.572. The second-order valence-corrected chi connectivity index (χ2v) is 5.48. The van der Waals surface area contributed by atoms with E-state index < -0.39 is 0 Å². The van der Waals surface area contributed by atoms with Crippen LogP contribution >= 0.6 is 0 Å². The van der Waals surface area contributed by atoms with E-state index in [9.17, 15) is 0 Å². The molecule has 6 heteroatoms. The maximum Gasteiger partial charge on any atom is 0.189 e. The van der Waals surface area contributed by atoms with Crippen LogP contribution in [-0.2, 0) is 13.0 Å². The van der Waals surface area contributed by atoms with Crippen LogP contribution in [0.4, 0.5) is 0 Å². The van der Waals surface area contributed by atoms with Gasteiger partial charge in [0.15, 0.2) is 11.5 Å². The van der Waals surface area contributed by atoms with Gasteiger partial charge in [0, 0.05) is 19.5 Å². The number of nitrogens with two attached hydrogens (primary N) is 1. The van der Waals surface area contributed by atoms with Crippen LogP contribution in [0.5, 0.6) is 11.5 Å². The van der Waals surface area contributed by atoms with Crippen LogP contribution < -0.4 is 15.2 Å². The Morgan fingerprint density at radius 1 is 1.29 bits per heavy atom. The number of ether oxygens (including phenoxy) is 2. The van der Waals surface area contributed by atoms with E-state index in [1.54, 1.807) is 0 Å². The third-order valence-electron chi connectivity index (χ3n) is 3.64. The standard InChI is InChI=1S/C15H22N4O2/c1-18(2)7-8-19-11-3-4-12-15(21-10-9-20-12)14(11)17-13(19)5-6-16/h3-4H,5-10,16H2,1-2H3. The highest BCUT2D eigenvalue weighted by molar-refractivity contribution is 5.85. The summed E-state index contributed by atoms with van der Waals surface area (Å²) in [5.74, 6) is 2.56. The van der Waals surface area contributed by atoms with Crippen molar-refractivity contribution in [3.8, 4) is 11.5 Å². The smallest absolute Gasteiger partial charge is 0.189 e. The number of imidazole rings is 1. The van der Waals surface area contributed by atoms with Gasteiger partial charge < -0.3 is 24.7 Å². The lowest BCUT2D eigenvalue weighted by Gasteiger charge is -2.18. The summed E-state index contributed by atoms with van der Waals surface area (Å²) in [6.45, 7) is 3.60. The molecular weight excluding hydrogens is 268 g/mol. The monoisotopic (exact) mass is 290 g/mol. The van der Waals surface area contributed by atoms with Crippen LogP contribution in [0.2, 0.25) is 0 Å². The van der Waals surface area contributed by atoms with E-state index in [2.05, 4.69) is 29.6 Å². The summed E-state index contributed by atoms with van der Waals surface area (Å²) in [7, 11) is 4.14. The molecule has 0 radical (unpaired) electrons. The van der Waals surface area contributed by atoms with Gasteiger partial charge in [0.1, 0.15) is 24.6 Å². The number of likely N-dealkylation sites (N-methyl/N-ethyl adjacent to an activating group) is 1. The van der Waals surface area contributed by atoms with Gasteiger partial charge >= 0.3 is 0 Å². The second-order valence-electron chi connectivity index (χ2n) is 5.48. The minimum atomic E-state index is 0.572. The van der Waals surface area contributed by atoms with Gasteiger partial charge in [0.2, 0.25) is 0 Å². The van der Waals surface area contributed by atoms with Gasteiger partial charge in [-0.1, -0.05) is 0 Å². The fourth-order valence-electron chi connectivity index (χ4n) is 2.61. The van der Waals surface area contributed by atoms with Crippen molar-refractivity contribution in [3.63, 3.8) is 0 Å². The topological polar surface area (TPSA) is 65.5 Å². The Kier molecular flexibility index (Phi) is 3.98. The van der Waals surface area contributed by atoms with Crippen molar-refractivity contribution >= 4 is 11.0 Å². The number of fused-ring (bicyclic) bond motifs is 3. The van der Waals surface area contributed by atoms with Crippen molar-refractivity contribution in [2.45, 2.75) is 13.0 Å². The first-order valence-electron chi connectivity index (χ1n) is 7.33. The summed E-state index contributed by atoms with van der Waals surface area (Å²) in [6, 6.07) is 4.03. The molecule has 2 heterocycles. The first kappa shape index (κ1) is 14.2. The van der Waals surface area contributed by atoms with Crippen LogP contribution in [0.15, 0.2) is 12.1 Å². The van der Waals surface area contributed by atoms with Crippen molar-refractivity contribution in [1.82, 2.24) is 14.5 Å². The van der Waals surface area contributed by atoms with Gasteiger partial charge in [-0.3, -0.25) is 0 Å². The van der Waals surface area contributed by atoms with Crippen molar-refractivity contribution in [2.24, 2.45) is 5.73 Å². The summed E-state index contributed by atoms with van der Waals surface area (Å²) in [6.07, 6.45) is 0.762. The van der Waals surface area contributed by atoms with E-state index in [4.69, 9.17) is 20.2 Å². The lowest BCUT2D eigenvalue weighted by atomic mass is 10.2. The molecule has 1 aromatic heterocycles. The lowest BCUT2D eigenvalue weighted by molar-refractivity contribution is 0.173. The predicted molar refractivity (Wildman–Crippen MR) is 82.0 cm³/mol. The van der Waals surface area contributed by atoms with Gasteiger partial charge in [0.05, 0.1) is 5.52 Å². The quantitative estimate of drug-likeness (QED) is 0.885. The highest BCUT2D eigenvalue weighted by Crippen LogP contribution is 2.37. The molecule has 1 aromatic carbocycles. The Labute approximate surface area is 124 Å². The second kappa shape index (κ2) is 5.91. The summed E-state index contributed by atoms with van der Waals surface area (Å²) < 4.78 is 13.6. The van der Waals surface area contributed by atoms with Crippen LogP contribution in [0.25, 0.3) is 11.0 Å². The summed E-state index contributed by atoms with van der Waals surface area (Å²) in [5, 5.41) is 0. The van der Waals surface area contributed by atoms with Crippen molar-refractivity contribution in [2.75, 3.05) is 40.4 Å². The number of nitrogens with zero attached hydrogens (tertiary/aromatic N) is 3. The van der Waals surface area contributed by atoms with Gasteiger partial charge in [-0.2, -0.15) is 0 Å². The molecule has 0 atom stereocenters. The summed E-state index contributed by atoms with van der Waals surface area (Å²) in [4.78, 5) is 6.92. The first-order valence-corrected chi connectivity index (χ1v) is 7.33. The third-order valence-corrected chi connectivity index (χ3v) is 3.64. The van der Waals surface area contributed by atoms with Crippen LogP contribution in [-0.4, -0.2) is 54.8 Å². The predicted octanol–water partition coefficient (Wildman–Crippen LogP) is 0.870. The molecule has 0 bridgehead atoms. The SMILES string of the molecule is CN(C)CCn1c(CCN)nc2c3c(ccc21)OCCO3. The third kappa shape index (κ3) is 2.69. The van der Waals surface area contributed by atoms with Gasteiger partial charge in [-0.05, 0) is 32.8 Å². The molecule has 6 nitrogen and oxygen atoms in total. The summed E-state index contributed by atoms with van der Waals surface area (Å²) in [5.41, 5.74) is 7.70. The zero-order chi connectivity index (χ0) is 14.8. The number of aromatic nitrogens is 2. The Balaban J connectivity index is 2.07. The maximum absolute atomic E-state index is 5.77.